The highest BCUT2D eigenvalue weighted by atomic mass is 16.5. The molecule has 0 aromatic heterocycles. The number of hydrogen-bond donors (Lipinski definition) is 2. The Balaban J connectivity index is 1.71. The molecule has 0 unspecified atom stereocenters. The van der Waals surface area contributed by atoms with Crippen molar-refractivity contribution in [3.8, 4) is 11.5 Å². The first-order chi connectivity index (χ1) is 12.1. The maximum Gasteiger partial charge on any atom is 0.303 e. The van der Waals surface area contributed by atoms with E-state index in [1.54, 1.807) is 7.11 Å². The van der Waals surface area contributed by atoms with Gasteiger partial charge in [-0.15, -0.1) is 0 Å². The summed E-state index contributed by atoms with van der Waals surface area (Å²) in [6.45, 7) is 0.842. The average molecular weight is 347 g/mol. The van der Waals surface area contributed by atoms with Gasteiger partial charge in [0.1, 0.15) is 6.61 Å². The van der Waals surface area contributed by atoms with Gasteiger partial charge in [0.15, 0.2) is 11.5 Å². The van der Waals surface area contributed by atoms with E-state index in [4.69, 9.17) is 14.6 Å². The quantitative estimate of drug-likeness (QED) is 0.636. The Morgan fingerprint density at radius 2 is 1.96 bits per heavy atom. The first kappa shape index (κ1) is 18.8. The van der Waals surface area contributed by atoms with E-state index in [9.17, 15) is 9.59 Å². The smallest absolute Gasteiger partial charge is 0.303 e. The van der Waals surface area contributed by atoms with Gasteiger partial charge in [-0.1, -0.05) is 31.4 Å². The molecule has 1 aromatic rings. The number of nitrogens with one attached hydrogen (secondary N) is 1. The molecule has 25 heavy (non-hydrogen) atoms. The number of unbranched alkanes of at least 4 members (excludes halogenated alkanes) is 4. The Kier molecular flexibility index (Phi) is 7.32. The number of carbonyl (C=O) groups is 2. The third-order valence-corrected chi connectivity index (χ3v) is 4.08. The van der Waals surface area contributed by atoms with Crippen molar-refractivity contribution in [2.45, 2.75) is 38.5 Å². The maximum absolute atomic E-state index is 12.2. The molecule has 0 bridgehead atoms. The number of carboxylic acids is 1. The fraction of sp³-hybridized carbons (Fsp3) is 0.474. The minimum absolute atomic E-state index is 0.112. The van der Waals surface area contributed by atoms with Gasteiger partial charge in [0.2, 0.25) is 0 Å². The number of para-hydroxylation sites is 1. The third kappa shape index (κ3) is 5.81. The van der Waals surface area contributed by atoms with E-state index in [0.717, 1.165) is 37.7 Å². The van der Waals surface area contributed by atoms with Crippen LogP contribution in [-0.4, -0.2) is 37.2 Å². The molecule has 1 heterocycles. The van der Waals surface area contributed by atoms with Crippen LogP contribution in [0.1, 0.15) is 44.1 Å². The zero-order chi connectivity index (χ0) is 18.1. The lowest BCUT2D eigenvalue weighted by atomic mass is 10.1. The van der Waals surface area contributed by atoms with E-state index < -0.39 is 5.97 Å². The van der Waals surface area contributed by atoms with Crippen LogP contribution in [0.3, 0.4) is 0 Å². The van der Waals surface area contributed by atoms with Gasteiger partial charge in [-0.3, -0.25) is 9.59 Å². The normalized spacial score (nSPS) is 12.6. The zero-order valence-electron chi connectivity index (χ0n) is 14.5. The van der Waals surface area contributed by atoms with Crippen molar-refractivity contribution in [1.82, 2.24) is 5.32 Å². The molecular weight excluding hydrogens is 322 g/mol. The number of rotatable bonds is 10. The fourth-order valence-corrected chi connectivity index (χ4v) is 2.72. The third-order valence-electron chi connectivity index (χ3n) is 4.08. The summed E-state index contributed by atoms with van der Waals surface area (Å²) in [6, 6.07) is 5.58. The largest absolute Gasteiger partial charge is 0.493 e. The average Bonchev–Trinajstić information content (AvgIpc) is 2.62. The Morgan fingerprint density at radius 3 is 2.72 bits per heavy atom. The Labute approximate surface area is 147 Å². The monoisotopic (exact) mass is 347 g/mol. The van der Waals surface area contributed by atoms with E-state index >= 15 is 0 Å². The molecule has 6 nitrogen and oxygen atoms in total. The minimum Gasteiger partial charge on any atom is -0.493 e. The molecule has 1 aromatic carbocycles. The highest BCUT2D eigenvalue weighted by Crippen LogP contribution is 2.35. The Morgan fingerprint density at radius 1 is 1.20 bits per heavy atom. The molecule has 0 saturated heterocycles. The number of aliphatic carboxylic acids is 1. The number of amides is 1. The van der Waals surface area contributed by atoms with Crippen molar-refractivity contribution >= 4 is 18.0 Å². The number of fused-ring (bicyclic) bond motifs is 1. The first-order valence-electron chi connectivity index (χ1n) is 8.62. The lowest BCUT2D eigenvalue weighted by molar-refractivity contribution is -0.137. The Bertz CT molecular complexity index is 639. The molecule has 0 fully saturated rings. The van der Waals surface area contributed by atoms with E-state index in [2.05, 4.69) is 5.32 Å². The van der Waals surface area contributed by atoms with Gasteiger partial charge in [0.05, 0.1) is 12.7 Å². The topological polar surface area (TPSA) is 84.9 Å². The molecule has 1 amide bonds. The lowest BCUT2D eigenvalue weighted by Gasteiger charge is -2.19. The van der Waals surface area contributed by atoms with Gasteiger partial charge >= 0.3 is 5.97 Å². The molecule has 0 spiro atoms. The summed E-state index contributed by atoms with van der Waals surface area (Å²) in [7, 11) is 1.59. The molecule has 0 aliphatic carbocycles. The maximum atomic E-state index is 12.2. The summed E-state index contributed by atoms with van der Waals surface area (Å²) in [5.74, 6) is 0.479. The highest BCUT2D eigenvalue weighted by Gasteiger charge is 2.19. The number of carbonyl (C=O) groups excluding carboxylic acids is 1. The van der Waals surface area contributed by atoms with E-state index in [1.165, 1.54) is 0 Å². The van der Waals surface area contributed by atoms with Crippen LogP contribution in [-0.2, 0) is 9.59 Å². The molecule has 2 rings (SSSR count). The molecule has 136 valence electrons. The minimum atomic E-state index is -0.741. The van der Waals surface area contributed by atoms with Crippen LogP contribution in [0.25, 0.3) is 6.08 Å². The second-order valence-electron chi connectivity index (χ2n) is 6.00. The van der Waals surface area contributed by atoms with Crippen molar-refractivity contribution in [2.24, 2.45) is 0 Å². The summed E-state index contributed by atoms with van der Waals surface area (Å²) in [6.07, 6.45) is 6.56. The molecule has 1 aliphatic rings. The van der Waals surface area contributed by atoms with Crippen molar-refractivity contribution in [2.75, 3.05) is 20.3 Å². The first-order valence-corrected chi connectivity index (χ1v) is 8.62. The number of benzene rings is 1. The van der Waals surface area contributed by atoms with Gasteiger partial charge in [-0.25, -0.2) is 0 Å². The molecule has 0 radical (unpaired) electrons. The van der Waals surface area contributed by atoms with E-state index in [0.29, 0.717) is 23.6 Å². The summed E-state index contributed by atoms with van der Waals surface area (Å²) in [4.78, 5) is 22.6. The van der Waals surface area contributed by atoms with Gasteiger partial charge in [0.25, 0.3) is 5.91 Å². The number of methoxy groups -OCH3 is 1. The Hall–Kier alpha value is -2.50. The van der Waals surface area contributed by atoms with Crippen molar-refractivity contribution in [3.05, 3.63) is 29.3 Å². The molecular formula is C19H25NO5. The number of hydrogen-bond acceptors (Lipinski definition) is 4. The van der Waals surface area contributed by atoms with Gasteiger partial charge < -0.3 is 19.9 Å². The van der Waals surface area contributed by atoms with Crippen molar-refractivity contribution < 1.29 is 24.2 Å². The lowest BCUT2D eigenvalue weighted by Crippen LogP contribution is -2.29. The second-order valence-corrected chi connectivity index (χ2v) is 6.00. The van der Waals surface area contributed by atoms with Crippen LogP contribution >= 0.6 is 0 Å². The molecule has 0 atom stereocenters. The summed E-state index contributed by atoms with van der Waals surface area (Å²) < 4.78 is 10.9. The van der Waals surface area contributed by atoms with Gasteiger partial charge in [0, 0.05) is 18.5 Å². The van der Waals surface area contributed by atoms with Crippen LogP contribution in [0.5, 0.6) is 11.5 Å². The zero-order valence-corrected chi connectivity index (χ0v) is 14.5. The predicted octanol–water partition coefficient (Wildman–Crippen LogP) is 3.01. The fourth-order valence-electron chi connectivity index (χ4n) is 2.72. The van der Waals surface area contributed by atoms with Crippen LogP contribution in [0, 0.1) is 0 Å². The van der Waals surface area contributed by atoms with Gasteiger partial charge in [-0.05, 0) is 25.0 Å². The SMILES string of the molecule is COc1cccc2c1OCC(C(=O)NCCCCCCCC(=O)O)=C2. The van der Waals surface area contributed by atoms with Crippen LogP contribution in [0.2, 0.25) is 0 Å². The second kappa shape index (κ2) is 9.71. The standard InChI is InChI=1S/C19H25NO5/c1-24-16-9-7-8-14-12-15(13-25-18(14)16)19(23)20-11-6-4-2-3-5-10-17(21)22/h7-9,12H,2-6,10-11,13H2,1H3,(H,20,23)(H,21,22). The number of carboxylic acid groups (broad SMARTS) is 1. The summed E-state index contributed by atoms with van der Waals surface area (Å²) in [5, 5.41) is 11.5. The van der Waals surface area contributed by atoms with Crippen LogP contribution in [0.4, 0.5) is 0 Å². The molecule has 0 saturated carbocycles. The molecule has 1 aliphatic heterocycles. The van der Waals surface area contributed by atoms with Crippen LogP contribution in [0.15, 0.2) is 23.8 Å². The summed E-state index contributed by atoms with van der Waals surface area (Å²) >= 11 is 0. The van der Waals surface area contributed by atoms with E-state index in [1.807, 2.05) is 24.3 Å². The molecule has 6 heteroatoms. The van der Waals surface area contributed by atoms with Crippen molar-refractivity contribution in [1.29, 1.82) is 0 Å². The molecule has 2 N–H and O–H groups in total. The number of ether oxygens (including phenoxy) is 2. The van der Waals surface area contributed by atoms with Crippen LogP contribution < -0.4 is 14.8 Å². The van der Waals surface area contributed by atoms with Crippen molar-refractivity contribution in [3.63, 3.8) is 0 Å². The van der Waals surface area contributed by atoms with Gasteiger partial charge in [-0.2, -0.15) is 0 Å². The summed E-state index contributed by atoms with van der Waals surface area (Å²) in [5.41, 5.74) is 1.44. The highest BCUT2D eigenvalue weighted by molar-refractivity contribution is 5.99. The van der Waals surface area contributed by atoms with E-state index in [-0.39, 0.29) is 18.9 Å². The predicted molar refractivity (Wildman–Crippen MR) is 94.8 cm³/mol.